The maximum Gasteiger partial charge on any atom is 0.275 e. The molecule has 0 spiro atoms. The molecule has 0 saturated heterocycles. The first-order chi connectivity index (χ1) is 9.02. The minimum atomic E-state index is -0.251. The van der Waals surface area contributed by atoms with Crippen LogP contribution in [0.25, 0.3) is 0 Å². The first kappa shape index (κ1) is 14.0. The summed E-state index contributed by atoms with van der Waals surface area (Å²) in [4.78, 5) is 13.2. The van der Waals surface area contributed by atoms with Crippen LogP contribution in [0.2, 0.25) is 0 Å². The molecule has 8 heteroatoms. The number of hydrazine groups is 1. The number of carbonyl (C=O) groups excluding carboxylic acids is 1. The molecule has 102 valence electrons. The van der Waals surface area contributed by atoms with Crippen LogP contribution in [0.1, 0.15) is 25.9 Å². The minimum Gasteiger partial charge on any atom is -0.309 e. The van der Waals surface area contributed by atoms with Crippen LogP contribution < -0.4 is 11.3 Å². The van der Waals surface area contributed by atoms with Gasteiger partial charge in [-0.05, 0) is 25.5 Å². The van der Waals surface area contributed by atoms with Crippen LogP contribution in [-0.4, -0.2) is 20.7 Å². The van der Waals surface area contributed by atoms with E-state index in [1.165, 1.54) is 11.3 Å². The third-order valence-electron chi connectivity index (χ3n) is 2.78. The molecule has 0 aliphatic rings. The van der Waals surface area contributed by atoms with Crippen LogP contribution in [0.3, 0.4) is 0 Å². The van der Waals surface area contributed by atoms with Crippen LogP contribution >= 0.6 is 23.1 Å². The number of amides is 1. The highest BCUT2D eigenvalue weighted by molar-refractivity contribution is 7.98. The average Bonchev–Trinajstić information content (AvgIpc) is 2.92. The number of aryl methyl sites for hydroxylation is 2. The van der Waals surface area contributed by atoms with Crippen molar-refractivity contribution >= 4 is 29.0 Å². The second-order valence-electron chi connectivity index (χ2n) is 4.04. The molecule has 19 heavy (non-hydrogen) atoms. The van der Waals surface area contributed by atoms with Crippen LogP contribution in [0, 0.1) is 13.8 Å². The van der Waals surface area contributed by atoms with Gasteiger partial charge in [-0.2, -0.15) is 0 Å². The van der Waals surface area contributed by atoms with Crippen molar-refractivity contribution in [1.29, 1.82) is 0 Å². The van der Waals surface area contributed by atoms with Gasteiger partial charge in [-0.15, -0.1) is 21.5 Å². The molecular weight excluding hydrogens is 282 g/mol. The summed E-state index contributed by atoms with van der Waals surface area (Å²) in [7, 11) is 1.94. The fourth-order valence-corrected chi connectivity index (χ4v) is 3.55. The highest BCUT2D eigenvalue weighted by Gasteiger charge is 2.13. The topological polar surface area (TPSA) is 85.8 Å². The maximum atomic E-state index is 11.5. The van der Waals surface area contributed by atoms with Gasteiger partial charge in [-0.1, -0.05) is 11.8 Å². The molecule has 0 fully saturated rings. The van der Waals surface area contributed by atoms with E-state index in [0.717, 1.165) is 27.2 Å². The van der Waals surface area contributed by atoms with Crippen molar-refractivity contribution in [3.63, 3.8) is 0 Å². The monoisotopic (exact) mass is 297 g/mol. The van der Waals surface area contributed by atoms with Crippen molar-refractivity contribution in [1.82, 2.24) is 20.2 Å². The fourth-order valence-electron chi connectivity index (χ4n) is 1.50. The zero-order chi connectivity index (χ0) is 14.0. The molecule has 0 radical (unpaired) electrons. The summed E-state index contributed by atoms with van der Waals surface area (Å²) >= 11 is 3.04. The average molecular weight is 297 g/mol. The lowest BCUT2D eigenvalue weighted by Gasteiger charge is -2.01. The Hall–Kier alpha value is -1.38. The summed E-state index contributed by atoms with van der Waals surface area (Å²) in [5, 5.41) is 8.98. The molecule has 0 aromatic carbocycles. The summed E-state index contributed by atoms with van der Waals surface area (Å²) in [5.41, 5.74) is 3.27. The van der Waals surface area contributed by atoms with Gasteiger partial charge < -0.3 is 4.57 Å². The van der Waals surface area contributed by atoms with Gasteiger partial charge in [0, 0.05) is 17.7 Å². The number of thioether (sulfide) groups is 1. The highest BCUT2D eigenvalue weighted by Crippen LogP contribution is 2.28. The Kier molecular flexibility index (Phi) is 4.23. The van der Waals surface area contributed by atoms with E-state index < -0.39 is 0 Å². The summed E-state index contributed by atoms with van der Waals surface area (Å²) < 4.78 is 1.94. The van der Waals surface area contributed by atoms with Crippen LogP contribution in [0.4, 0.5) is 0 Å². The lowest BCUT2D eigenvalue weighted by Crippen LogP contribution is -2.29. The molecule has 3 N–H and O–H groups in total. The van der Waals surface area contributed by atoms with Gasteiger partial charge in [0.05, 0.1) is 4.88 Å². The largest absolute Gasteiger partial charge is 0.309 e. The third kappa shape index (κ3) is 2.96. The maximum absolute atomic E-state index is 11.5. The number of thiophene rings is 1. The van der Waals surface area contributed by atoms with E-state index in [4.69, 9.17) is 5.84 Å². The Bertz CT molecular complexity index is 604. The van der Waals surface area contributed by atoms with Crippen LogP contribution in [-0.2, 0) is 12.8 Å². The summed E-state index contributed by atoms with van der Waals surface area (Å²) in [6.45, 7) is 3.91. The number of carbonyl (C=O) groups is 1. The quantitative estimate of drug-likeness (QED) is 0.385. The lowest BCUT2D eigenvalue weighted by atomic mass is 10.3. The standard InChI is InChI=1S/C11H15N5OS2/c1-6-8(4-9(19-6)10(17)13-12)5-18-11-15-14-7(2)16(11)3/h4H,5,12H2,1-3H3,(H,13,17). The number of aromatic nitrogens is 3. The molecule has 2 rings (SSSR count). The van der Waals surface area contributed by atoms with Gasteiger partial charge in [-0.25, -0.2) is 5.84 Å². The molecule has 2 heterocycles. The first-order valence-corrected chi connectivity index (χ1v) is 7.42. The second kappa shape index (κ2) is 5.72. The molecule has 0 aliphatic heterocycles. The SMILES string of the molecule is Cc1sc(C(=O)NN)cc1CSc1nnc(C)n1C. The minimum absolute atomic E-state index is 0.251. The van der Waals surface area contributed by atoms with Crippen molar-refractivity contribution in [2.75, 3.05) is 0 Å². The number of rotatable bonds is 4. The predicted molar refractivity (Wildman–Crippen MR) is 76.0 cm³/mol. The normalized spacial score (nSPS) is 10.7. The molecule has 1 amide bonds. The Balaban J connectivity index is 2.09. The van der Waals surface area contributed by atoms with E-state index in [1.807, 2.05) is 31.5 Å². The Morgan fingerprint density at radius 3 is 2.84 bits per heavy atom. The lowest BCUT2D eigenvalue weighted by molar-refractivity contribution is 0.0957. The number of nitrogen functional groups attached to an aromatic ring is 1. The van der Waals surface area contributed by atoms with Gasteiger partial charge in [0.1, 0.15) is 5.82 Å². The van der Waals surface area contributed by atoms with Crippen LogP contribution in [0.15, 0.2) is 11.2 Å². The first-order valence-electron chi connectivity index (χ1n) is 5.62. The number of nitrogens with one attached hydrogen (secondary N) is 1. The number of hydrogen-bond donors (Lipinski definition) is 2. The molecule has 0 aliphatic carbocycles. The van der Waals surface area contributed by atoms with E-state index in [-0.39, 0.29) is 5.91 Å². The molecule has 6 nitrogen and oxygen atoms in total. The van der Waals surface area contributed by atoms with Gasteiger partial charge >= 0.3 is 0 Å². The highest BCUT2D eigenvalue weighted by atomic mass is 32.2. The molecule has 2 aromatic rings. The fraction of sp³-hybridized carbons (Fsp3) is 0.364. The molecule has 0 saturated carbocycles. The van der Waals surface area contributed by atoms with Crippen molar-refractivity contribution in [2.24, 2.45) is 12.9 Å². The molecule has 2 aromatic heterocycles. The molecule has 0 atom stereocenters. The van der Waals surface area contributed by atoms with Crippen molar-refractivity contribution in [2.45, 2.75) is 24.8 Å². The molecular formula is C11H15N5OS2. The third-order valence-corrected chi connectivity index (χ3v) is 4.95. The summed E-state index contributed by atoms with van der Waals surface area (Å²) in [5.74, 6) is 6.52. The molecule has 0 unspecified atom stereocenters. The number of nitrogens with two attached hydrogens (primary N) is 1. The summed E-state index contributed by atoms with van der Waals surface area (Å²) in [6, 6.07) is 1.87. The smallest absolute Gasteiger partial charge is 0.275 e. The zero-order valence-corrected chi connectivity index (χ0v) is 12.6. The van der Waals surface area contributed by atoms with Gasteiger partial charge in [0.15, 0.2) is 5.16 Å². The van der Waals surface area contributed by atoms with Gasteiger partial charge in [0.25, 0.3) is 5.91 Å². The van der Waals surface area contributed by atoms with Crippen molar-refractivity contribution in [3.05, 3.63) is 27.2 Å². The van der Waals surface area contributed by atoms with E-state index in [2.05, 4.69) is 15.6 Å². The Labute approximate surface area is 119 Å². The molecule has 0 bridgehead atoms. The van der Waals surface area contributed by atoms with E-state index >= 15 is 0 Å². The van der Waals surface area contributed by atoms with Gasteiger partial charge in [0.2, 0.25) is 0 Å². The van der Waals surface area contributed by atoms with Crippen molar-refractivity contribution < 1.29 is 4.79 Å². The van der Waals surface area contributed by atoms with Crippen LogP contribution in [0.5, 0.6) is 0 Å². The van der Waals surface area contributed by atoms with Crippen molar-refractivity contribution in [3.8, 4) is 0 Å². The number of hydrogen-bond acceptors (Lipinski definition) is 6. The Morgan fingerprint density at radius 2 is 2.26 bits per heavy atom. The van der Waals surface area contributed by atoms with Gasteiger partial charge in [-0.3, -0.25) is 10.2 Å². The summed E-state index contributed by atoms with van der Waals surface area (Å²) in [6.07, 6.45) is 0. The van der Waals surface area contributed by atoms with E-state index in [1.54, 1.807) is 11.8 Å². The number of nitrogens with zero attached hydrogens (tertiary/aromatic N) is 3. The van der Waals surface area contributed by atoms with E-state index in [0.29, 0.717) is 4.88 Å². The second-order valence-corrected chi connectivity index (χ2v) is 6.24. The predicted octanol–water partition coefficient (Wildman–Crippen LogP) is 1.39. The van der Waals surface area contributed by atoms with E-state index in [9.17, 15) is 4.79 Å². The zero-order valence-electron chi connectivity index (χ0n) is 10.9. The Morgan fingerprint density at radius 1 is 1.53 bits per heavy atom.